The summed E-state index contributed by atoms with van der Waals surface area (Å²) in [5.74, 6) is -0.291. The molecule has 0 amide bonds. The molecule has 15 heavy (non-hydrogen) atoms. The molecule has 2 rings (SSSR count). The van der Waals surface area contributed by atoms with Gasteiger partial charge in [0.25, 0.3) is 0 Å². The van der Waals surface area contributed by atoms with Crippen LogP contribution in [0.5, 0.6) is 0 Å². The van der Waals surface area contributed by atoms with Gasteiger partial charge in [0.2, 0.25) is 0 Å². The van der Waals surface area contributed by atoms with Gasteiger partial charge in [-0.3, -0.25) is 4.79 Å². The number of rotatable bonds is 6. The van der Waals surface area contributed by atoms with Gasteiger partial charge in [0.1, 0.15) is 6.04 Å². The van der Waals surface area contributed by atoms with Crippen LogP contribution in [0.4, 0.5) is 0 Å². The normalized spacial score (nSPS) is 17.6. The Hall–Kier alpha value is -1.01. The Kier molecular flexibility index (Phi) is 3.27. The van der Waals surface area contributed by atoms with Gasteiger partial charge in [0.15, 0.2) is 5.16 Å². The maximum absolute atomic E-state index is 10.9. The first-order chi connectivity index (χ1) is 7.25. The van der Waals surface area contributed by atoms with E-state index in [4.69, 9.17) is 5.11 Å². The van der Waals surface area contributed by atoms with Crippen molar-refractivity contribution < 1.29 is 9.90 Å². The fourth-order valence-corrected chi connectivity index (χ4v) is 2.07. The Labute approximate surface area is 91.7 Å². The predicted octanol–water partition coefficient (Wildman–Crippen LogP) is 0.707. The number of nitrogens with one attached hydrogen (secondary N) is 2. The third kappa shape index (κ3) is 3.24. The van der Waals surface area contributed by atoms with Crippen LogP contribution in [0.15, 0.2) is 17.6 Å². The summed E-state index contributed by atoms with van der Waals surface area (Å²) >= 11 is 1.42. The van der Waals surface area contributed by atoms with E-state index >= 15 is 0 Å². The van der Waals surface area contributed by atoms with Crippen LogP contribution in [0, 0.1) is 0 Å². The molecule has 1 unspecified atom stereocenters. The number of imidazole rings is 1. The molecular weight excluding hydrogens is 214 g/mol. The zero-order chi connectivity index (χ0) is 10.7. The van der Waals surface area contributed by atoms with Crippen LogP contribution in [-0.4, -0.2) is 38.9 Å². The van der Waals surface area contributed by atoms with E-state index in [1.807, 2.05) is 0 Å². The molecule has 82 valence electrons. The quantitative estimate of drug-likeness (QED) is 0.624. The second-order valence-electron chi connectivity index (χ2n) is 3.54. The molecule has 1 aliphatic carbocycles. The molecule has 0 aliphatic heterocycles. The summed E-state index contributed by atoms with van der Waals surface area (Å²) in [6.45, 7) is 0. The molecular formula is C9H13N3O2S. The first-order valence-corrected chi connectivity index (χ1v) is 5.85. The first-order valence-electron chi connectivity index (χ1n) is 4.87. The highest BCUT2D eigenvalue weighted by Gasteiger charge is 2.28. The topological polar surface area (TPSA) is 78.0 Å². The standard InChI is InChI=1S/C9H13N3O2S/c13-8(14)7(12-6-1-2-6)5-15-9-10-3-4-11-9/h3-4,6-7,12H,1-2,5H2,(H,10,11)(H,13,14). The highest BCUT2D eigenvalue weighted by atomic mass is 32.2. The van der Waals surface area contributed by atoms with Crippen LogP contribution in [0.2, 0.25) is 0 Å². The van der Waals surface area contributed by atoms with Gasteiger partial charge in [0, 0.05) is 24.2 Å². The number of hydrogen-bond donors (Lipinski definition) is 3. The number of carboxylic acid groups (broad SMARTS) is 1. The van der Waals surface area contributed by atoms with Gasteiger partial charge in [0.05, 0.1) is 0 Å². The largest absolute Gasteiger partial charge is 0.480 e. The molecule has 1 aromatic rings. The lowest BCUT2D eigenvalue weighted by atomic mass is 10.3. The summed E-state index contributed by atoms with van der Waals surface area (Å²) in [6, 6.07) is -0.0732. The van der Waals surface area contributed by atoms with Crippen LogP contribution in [0.3, 0.4) is 0 Å². The van der Waals surface area contributed by atoms with E-state index in [9.17, 15) is 4.79 Å². The molecule has 1 atom stereocenters. The summed E-state index contributed by atoms with van der Waals surface area (Å²) in [5, 5.41) is 12.8. The smallest absolute Gasteiger partial charge is 0.321 e. The average Bonchev–Trinajstić information content (AvgIpc) is 2.87. The van der Waals surface area contributed by atoms with Gasteiger partial charge in [-0.2, -0.15) is 0 Å². The number of hydrogen-bond acceptors (Lipinski definition) is 4. The van der Waals surface area contributed by atoms with E-state index in [1.54, 1.807) is 12.4 Å². The summed E-state index contributed by atoms with van der Waals surface area (Å²) in [4.78, 5) is 17.9. The Balaban J connectivity index is 1.80. The van der Waals surface area contributed by atoms with Gasteiger partial charge in [-0.25, -0.2) is 4.98 Å². The number of carbonyl (C=O) groups is 1. The van der Waals surface area contributed by atoms with Crippen molar-refractivity contribution in [2.75, 3.05) is 5.75 Å². The lowest BCUT2D eigenvalue weighted by Crippen LogP contribution is -2.40. The van der Waals surface area contributed by atoms with Crippen LogP contribution in [0.25, 0.3) is 0 Å². The summed E-state index contributed by atoms with van der Waals surface area (Å²) in [7, 11) is 0. The van der Waals surface area contributed by atoms with Gasteiger partial charge in [-0.15, -0.1) is 0 Å². The maximum Gasteiger partial charge on any atom is 0.321 e. The highest BCUT2D eigenvalue weighted by molar-refractivity contribution is 7.99. The van der Waals surface area contributed by atoms with Crippen molar-refractivity contribution in [2.24, 2.45) is 0 Å². The molecule has 1 aliphatic rings. The number of aliphatic carboxylic acids is 1. The lowest BCUT2D eigenvalue weighted by molar-refractivity contribution is -0.138. The van der Waals surface area contributed by atoms with Gasteiger partial charge in [-0.1, -0.05) is 11.8 Å². The molecule has 1 saturated carbocycles. The summed E-state index contributed by atoms with van der Waals surface area (Å²) in [5.41, 5.74) is 0. The zero-order valence-corrected chi connectivity index (χ0v) is 8.96. The fraction of sp³-hybridized carbons (Fsp3) is 0.556. The Bertz CT molecular complexity index is 324. The van der Waals surface area contributed by atoms with Crippen LogP contribution in [0.1, 0.15) is 12.8 Å². The average molecular weight is 227 g/mol. The third-order valence-electron chi connectivity index (χ3n) is 2.17. The van der Waals surface area contributed by atoms with Crippen molar-refractivity contribution in [2.45, 2.75) is 30.1 Å². The molecule has 5 nitrogen and oxygen atoms in total. The van der Waals surface area contributed by atoms with E-state index in [0.717, 1.165) is 18.0 Å². The second-order valence-corrected chi connectivity index (χ2v) is 4.55. The highest BCUT2D eigenvalue weighted by Crippen LogP contribution is 2.21. The SMILES string of the molecule is O=C(O)C(CSc1ncc[nH]1)NC1CC1. The van der Waals surface area contributed by atoms with Crippen molar-refractivity contribution in [1.29, 1.82) is 0 Å². The fourth-order valence-electron chi connectivity index (χ4n) is 1.22. The Morgan fingerprint density at radius 3 is 3.13 bits per heavy atom. The molecule has 0 radical (unpaired) electrons. The number of thioether (sulfide) groups is 1. The Morgan fingerprint density at radius 1 is 1.80 bits per heavy atom. The van der Waals surface area contributed by atoms with E-state index < -0.39 is 12.0 Å². The molecule has 3 N–H and O–H groups in total. The predicted molar refractivity (Wildman–Crippen MR) is 56.9 cm³/mol. The molecule has 0 aromatic carbocycles. The number of nitrogens with zero attached hydrogens (tertiary/aromatic N) is 1. The number of aromatic amines is 1. The monoisotopic (exact) mass is 227 g/mol. The van der Waals surface area contributed by atoms with E-state index in [2.05, 4.69) is 15.3 Å². The Morgan fingerprint density at radius 2 is 2.60 bits per heavy atom. The number of aromatic nitrogens is 2. The van der Waals surface area contributed by atoms with Gasteiger partial charge >= 0.3 is 5.97 Å². The van der Waals surface area contributed by atoms with Gasteiger partial charge < -0.3 is 15.4 Å². The van der Waals surface area contributed by atoms with Crippen LogP contribution >= 0.6 is 11.8 Å². The van der Waals surface area contributed by atoms with Gasteiger partial charge in [-0.05, 0) is 12.8 Å². The second kappa shape index (κ2) is 4.67. The van der Waals surface area contributed by atoms with Crippen molar-refractivity contribution in [3.8, 4) is 0 Å². The number of carboxylic acids is 1. The third-order valence-corrected chi connectivity index (χ3v) is 3.17. The molecule has 0 spiro atoms. The lowest BCUT2D eigenvalue weighted by Gasteiger charge is -2.12. The number of H-pyrrole nitrogens is 1. The van der Waals surface area contributed by atoms with Crippen molar-refractivity contribution >= 4 is 17.7 Å². The van der Waals surface area contributed by atoms with E-state index in [-0.39, 0.29) is 0 Å². The molecule has 1 aromatic heterocycles. The summed E-state index contributed by atoms with van der Waals surface area (Å²) in [6.07, 6.45) is 5.57. The van der Waals surface area contributed by atoms with Crippen LogP contribution < -0.4 is 5.32 Å². The minimum Gasteiger partial charge on any atom is -0.480 e. The van der Waals surface area contributed by atoms with Crippen molar-refractivity contribution in [1.82, 2.24) is 15.3 Å². The zero-order valence-electron chi connectivity index (χ0n) is 8.14. The summed E-state index contributed by atoms with van der Waals surface area (Å²) < 4.78 is 0. The molecule has 1 fully saturated rings. The minimum atomic E-state index is -0.791. The first kappa shape index (κ1) is 10.5. The molecule has 6 heteroatoms. The van der Waals surface area contributed by atoms with Crippen molar-refractivity contribution in [3.05, 3.63) is 12.4 Å². The van der Waals surface area contributed by atoms with Crippen molar-refractivity contribution in [3.63, 3.8) is 0 Å². The molecule has 0 saturated heterocycles. The maximum atomic E-state index is 10.9. The minimum absolute atomic E-state index is 0.406. The van der Waals surface area contributed by atoms with E-state index in [1.165, 1.54) is 11.8 Å². The van der Waals surface area contributed by atoms with Crippen LogP contribution in [-0.2, 0) is 4.79 Å². The molecule has 1 heterocycles. The molecule has 0 bridgehead atoms. The van der Waals surface area contributed by atoms with E-state index in [0.29, 0.717) is 11.8 Å².